The van der Waals surface area contributed by atoms with Crippen LogP contribution in [0.15, 0.2) is 24.3 Å². The Morgan fingerprint density at radius 1 is 1.32 bits per heavy atom. The van der Waals surface area contributed by atoms with E-state index in [1.165, 1.54) is 32.1 Å². The summed E-state index contributed by atoms with van der Waals surface area (Å²) in [5.74, 6) is -0.865. The SMILES string of the molecule is CN(CCCNCc1cccc(C(=O)O)c1)C1CCCCC1. The number of carboxylic acids is 1. The minimum absolute atomic E-state index is 0.358. The van der Waals surface area contributed by atoms with Crippen LogP contribution in [-0.2, 0) is 6.54 Å². The minimum Gasteiger partial charge on any atom is -0.478 e. The fourth-order valence-corrected chi connectivity index (χ4v) is 3.20. The van der Waals surface area contributed by atoms with Crippen LogP contribution >= 0.6 is 0 Å². The van der Waals surface area contributed by atoms with Gasteiger partial charge < -0.3 is 15.3 Å². The molecule has 0 bridgehead atoms. The van der Waals surface area contributed by atoms with Gasteiger partial charge in [0.15, 0.2) is 0 Å². The third kappa shape index (κ3) is 5.43. The van der Waals surface area contributed by atoms with Gasteiger partial charge in [-0.05, 0) is 57.1 Å². The molecule has 4 heteroatoms. The van der Waals surface area contributed by atoms with Crippen molar-refractivity contribution in [1.29, 1.82) is 0 Å². The van der Waals surface area contributed by atoms with Crippen molar-refractivity contribution in [1.82, 2.24) is 10.2 Å². The molecule has 4 nitrogen and oxygen atoms in total. The first-order valence-electron chi connectivity index (χ1n) is 8.40. The Hall–Kier alpha value is -1.39. The molecule has 0 saturated heterocycles. The minimum atomic E-state index is -0.865. The summed E-state index contributed by atoms with van der Waals surface area (Å²) in [6, 6.07) is 7.92. The highest BCUT2D eigenvalue weighted by molar-refractivity contribution is 5.87. The first-order valence-corrected chi connectivity index (χ1v) is 8.40. The number of aromatic carboxylic acids is 1. The standard InChI is InChI=1S/C18H28N2O2/c1-20(17-9-3-2-4-10-17)12-6-11-19-14-15-7-5-8-16(13-15)18(21)22/h5,7-8,13,17,19H,2-4,6,9-12,14H2,1H3,(H,21,22). The van der Waals surface area contributed by atoms with Gasteiger partial charge in [0, 0.05) is 12.6 Å². The van der Waals surface area contributed by atoms with Gasteiger partial charge in [-0.15, -0.1) is 0 Å². The first-order chi connectivity index (χ1) is 10.7. The van der Waals surface area contributed by atoms with E-state index in [1.54, 1.807) is 18.2 Å². The molecule has 0 heterocycles. The van der Waals surface area contributed by atoms with Gasteiger partial charge in [-0.25, -0.2) is 4.79 Å². The van der Waals surface area contributed by atoms with Gasteiger partial charge in [-0.1, -0.05) is 31.4 Å². The summed E-state index contributed by atoms with van der Waals surface area (Å²) in [4.78, 5) is 13.4. The van der Waals surface area contributed by atoms with Crippen molar-refractivity contribution < 1.29 is 9.90 Å². The summed E-state index contributed by atoms with van der Waals surface area (Å²) >= 11 is 0. The average molecular weight is 304 g/mol. The van der Waals surface area contributed by atoms with Gasteiger partial charge in [0.2, 0.25) is 0 Å². The van der Waals surface area contributed by atoms with Gasteiger partial charge in [-0.3, -0.25) is 0 Å². The lowest BCUT2D eigenvalue weighted by Crippen LogP contribution is -2.35. The molecule has 122 valence electrons. The number of carboxylic acid groups (broad SMARTS) is 1. The van der Waals surface area contributed by atoms with Crippen molar-refractivity contribution in [2.24, 2.45) is 0 Å². The fourth-order valence-electron chi connectivity index (χ4n) is 3.20. The molecule has 1 aliphatic rings. The second-order valence-electron chi connectivity index (χ2n) is 6.31. The topological polar surface area (TPSA) is 52.6 Å². The maximum absolute atomic E-state index is 10.9. The smallest absolute Gasteiger partial charge is 0.335 e. The maximum atomic E-state index is 10.9. The highest BCUT2D eigenvalue weighted by atomic mass is 16.4. The van der Waals surface area contributed by atoms with Gasteiger partial charge in [0.25, 0.3) is 0 Å². The Kier molecular flexibility index (Phi) is 6.87. The molecule has 0 radical (unpaired) electrons. The molecule has 0 atom stereocenters. The van der Waals surface area contributed by atoms with E-state index in [-0.39, 0.29) is 0 Å². The third-order valence-corrected chi connectivity index (χ3v) is 4.57. The number of hydrogen-bond acceptors (Lipinski definition) is 3. The van der Waals surface area contributed by atoms with Gasteiger partial charge >= 0.3 is 5.97 Å². The molecule has 0 amide bonds. The summed E-state index contributed by atoms with van der Waals surface area (Å²) in [7, 11) is 2.24. The molecule has 2 rings (SSSR count). The van der Waals surface area contributed by atoms with Crippen molar-refractivity contribution in [3.05, 3.63) is 35.4 Å². The second kappa shape index (κ2) is 8.91. The Balaban J connectivity index is 1.62. The Morgan fingerprint density at radius 2 is 2.09 bits per heavy atom. The molecule has 0 aromatic heterocycles. The summed E-state index contributed by atoms with van der Waals surface area (Å²) in [6.07, 6.45) is 8.01. The van der Waals surface area contributed by atoms with Crippen molar-refractivity contribution in [3.63, 3.8) is 0 Å². The summed E-state index contributed by atoms with van der Waals surface area (Å²) in [6.45, 7) is 2.83. The van der Waals surface area contributed by atoms with Crippen LogP contribution < -0.4 is 5.32 Å². The molecular weight excluding hydrogens is 276 g/mol. The zero-order chi connectivity index (χ0) is 15.8. The fraction of sp³-hybridized carbons (Fsp3) is 0.611. The van der Waals surface area contributed by atoms with Gasteiger partial charge in [-0.2, -0.15) is 0 Å². The third-order valence-electron chi connectivity index (χ3n) is 4.57. The Bertz CT molecular complexity index is 470. The van der Waals surface area contributed by atoms with E-state index in [9.17, 15) is 4.79 Å². The molecule has 0 aliphatic heterocycles. The molecule has 1 fully saturated rings. The molecule has 1 aliphatic carbocycles. The molecule has 22 heavy (non-hydrogen) atoms. The Morgan fingerprint density at radius 3 is 2.82 bits per heavy atom. The van der Waals surface area contributed by atoms with E-state index in [1.807, 2.05) is 6.07 Å². The molecule has 0 unspecified atom stereocenters. The maximum Gasteiger partial charge on any atom is 0.335 e. The van der Waals surface area contributed by atoms with E-state index in [0.717, 1.165) is 37.7 Å². The second-order valence-corrected chi connectivity index (χ2v) is 6.31. The molecule has 2 N–H and O–H groups in total. The molecule has 1 saturated carbocycles. The van der Waals surface area contributed by atoms with E-state index in [0.29, 0.717) is 5.56 Å². The van der Waals surface area contributed by atoms with E-state index >= 15 is 0 Å². The van der Waals surface area contributed by atoms with Crippen molar-refractivity contribution in [3.8, 4) is 0 Å². The molecular formula is C18H28N2O2. The first kappa shape index (κ1) is 17.0. The van der Waals surface area contributed by atoms with E-state index in [2.05, 4.69) is 17.3 Å². The summed E-state index contributed by atoms with van der Waals surface area (Å²) in [5, 5.41) is 12.4. The van der Waals surface area contributed by atoms with Crippen LogP contribution in [0.4, 0.5) is 0 Å². The van der Waals surface area contributed by atoms with Crippen LogP contribution in [0.3, 0.4) is 0 Å². The van der Waals surface area contributed by atoms with Crippen LogP contribution in [0.5, 0.6) is 0 Å². The van der Waals surface area contributed by atoms with Gasteiger partial charge in [0.05, 0.1) is 5.56 Å². The molecule has 1 aromatic rings. The van der Waals surface area contributed by atoms with Crippen LogP contribution in [-0.4, -0.2) is 42.2 Å². The number of nitrogens with one attached hydrogen (secondary N) is 1. The molecule has 1 aromatic carbocycles. The van der Waals surface area contributed by atoms with E-state index in [4.69, 9.17) is 5.11 Å². The number of nitrogens with zero attached hydrogens (tertiary/aromatic N) is 1. The predicted octanol–water partition coefficient (Wildman–Crippen LogP) is 3.13. The summed E-state index contributed by atoms with van der Waals surface area (Å²) in [5.41, 5.74) is 1.39. The van der Waals surface area contributed by atoms with Crippen LogP contribution in [0.1, 0.15) is 54.4 Å². The number of hydrogen-bond donors (Lipinski definition) is 2. The quantitative estimate of drug-likeness (QED) is 0.725. The normalized spacial score (nSPS) is 16.1. The highest BCUT2D eigenvalue weighted by Gasteiger charge is 2.17. The zero-order valence-corrected chi connectivity index (χ0v) is 13.6. The Labute approximate surface area is 133 Å². The zero-order valence-electron chi connectivity index (χ0n) is 13.6. The lowest BCUT2D eigenvalue weighted by Gasteiger charge is -2.31. The van der Waals surface area contributed by atoms with Gasteiger partial charge in [0.1, 0.15) is 0 Å². The van der Waals surface area contributed by atoms with Crippen LogP contribution in [0, 0.1) is 0 Å². The number of benzene rings is 1. The predicted molar refractivity (Wildman–Crippen MR) is 89.2 cm³/mol. The van der Waals surface area contributed by atoms with E-state index < -0.39 is 5.97 Å². The number of rotatable bonds is 8. The van der Waals surface area contributed by atoms with Crippen molar-refractivity contribution >= 4 is 5.97 Å². The van der Waals surface area contributed by atoms with Crippen LogP contribution in [0.25, 0.3) is 0 Å². The lowest BCUT2D eigenvalue weighted by atomic mass is 9.94. The lowest BCUT2D eigenvalue weighted by molar-refractivity contribution is 0.0696. The largest absolute Gasteiger partial charge is 0.478 e. The van der Waals surface area contributed by atoms with Crippen molar-refractivity contribution in [2.75, 3.05) is 20.1 Å². The number of carbonyl (C=O) groups is 1. The molecule has 0 spiro atoms. The highest BCUT2D eigenvalue weighted by Crippen LogP contribution is 2.21. The summed E-state index contributed by atoms with van der Waals surface area (Å²) < 4.78 is 0. The van der Waals surface area contributed by atoms with Crippen LogP contribution in [0.2, 0.25) is 0 Å². The van der Waals surface area contributed by atoms with Crippen molar-refractivity contribution in [2.45, 2.75) is 51.1 Å². The monoisotopic (exact) mass is 304 g/mol. The average Bonchev–Trinajstić information content (AvgIpc) is 2.55.